The van der Waals surface area contributed by atoms with Gasteiger partial charge in [-0.15, -0.1) is 0 Å². The normalized spacial score (nSPS) is 23.5. The Morgan fingerprint density at radius 1 is 1.07 bits per heavy atom. The molecule has 0 bridgehead atoms. The van der Waals surface area contributed by atoms with Crippen LogP contribution in [-0.4, -0.2) is 71.6 Å². The van der Waals surface area contributed by atoms with E-state index in [1.807, 2.05) is 25.7 Å². The SMILES string of the molecule is CCOCCN1C(=O)C2C(N=C3N(c4ccc(C)c(C)c4)C(C)=C(C)N32)N(C)C1=O. The fraction of sp³-hybridized carbons (Fsp3) is 0.500. The van der Waals surface area contributed by atoms with E-state index in [1.54, 1.807) is 11.9 Å². The minimum Gasteiger partial charge on any atom is -0.380 e. The van der Waals surface area contributed by atoms with Gasteiger partial charge in [-0.3, -0.25) is 19.5 Å². The third-order valence-electron chi connectivity index (χ3n) is 6.30. The van der Waals surface area contributed by atoms with Crippen LogP contribution in [-0.2, 0) is 9.53 Å². The zero-order chi connectivity index (χ0) is 21.7. The highest BCUT2D eigenvalue weighted by molar-refractivity contribution is 6.10. The Morgan fingerprint density at radius 2 is 1.80 bits per heavy atom. The third kappa shape index (κ3) is 2.89. The first-order valence-corrected chi connectivity index (χ1v) is 10.4. The lowest BCUT2D eigenvalue weighted by Crippen LogP contribution is -2.65. The number of allylic oxidation sites excluding steroid dienone is 2. The van der Waals surface area contributed by atoms with Gasteiger partial charge in [0.1, 0.15) is 0 Å². The molecule has 1 saturated heterocycles. The van der Waals surface area contributed by atoms with Gasteiger partial charge in [0, 0.05) is 30.7 Å². The van der Waals surface area contributed by atoms with Gasteiger partial charge >= 0.3 is 6.03 Å². The molecule has 30 heavy (non-hydrogen) atoms. The Bertz CT molecular complexity index is 970. The van der Waals surface area contributed by atoms with Crippen molar-refractivity contribution in [3.8, 4) is 0 Å². The molecule has 1 aromatic carbocycles. The number of hydrogen-bond donors (Lipinski definition) is 0. The summed E-state index contributed by atoms with van der Waals surface area (Å²) >= 11 is 0. The number of aliphatic imine (C=N–C) groups is 1. The Morgan fingerprint density at radius 3 is 2.47 bits per heavy atom. The second kappa shape index (κ2) is 7.43. The van der Waals surface area contributed by atoms with Crippen LogP contribution in [0, 0.1) is 13.8 Å². The van der Waals surface area contributed by atoms with Gasteiger partial charge in [-0.2, -0.15) is 0 Å². The van der Waals surface area contributed by atoms with Crippen LogP contribution in [0.15, 0.2) is 34.6 Å². The minimum atomic E-state index is -0.559. The van der Waals surface area contributed by atoms with Crippen molar-refractivity contribution in [2.24, 2.45) is 4.99 Å². The molecule has 3 heterocycles. The Hall–Kier alpha value is -2.87. The predicted octanol–water partition coefficient (Wildman–Crippen LogP) is 2.67. The second-order valence-electron chi connectivity index (χ2n) is 8.01. The maximum atomic E-state index is 13.4. The van der Waals surface area contributed by atoms with Crippen LogP contribution < -0.4 is 4.90 Å². The summed E-state index contributed by atoms with van der Waals surface area (Å²) in [5, 5.41) is 0. The Balaban J connectivity index is 1.71. The molecule has 0 radical (unpaired) electrons. The number of imide groups is 1. The van der Waals surface area contributed by atoms with Gasteiger partial charge in [0.05, 0.1) is 13.2 Å². The smallest absolute Gasteiger partial charge is 0.328 e. The van der Waals surface area contributed by atoms with Crippen LogP contribution in [0.3, 0.4) is 0 Å². The van der Waals surface area contributed by atoms with Crippen molar-refractivity contribution in [2.45, 2.75) is 46.8 Å². The van der Waals surface area contributed by atoms with Gasteiger partial charge in [0.15, 0.2) is 12.2 Å². The molecule has 2 atom stereocenters. The maximum Gasteiger partial charge on any atom is 0.328 e. The molecular weight excluding hydrogens is 382 g/mol. The standard InChI is InChI=1S/C22H29N5O3/c1-7-30-11-10-25-20(28)18-19(24(6)22(25)29)23-21-26(15(4)16(5)27(18)21)17-9-8-13(2)14(3)12-17/h8-9,12,18-19H,7,10-11H2,1-6H3. The highest BCUT2D eigenvalue weighted by Crippen LogP contribution is 2.40. The van der Waals surface area contributed by atoms with Gasteiger partial charge in [0.25, 0.3) is 5.91 Å². The van der Waals surface area contributed by atoms with Crippen LogP contribution >= 0.6 is 0 Å². The largest absolute Gasteiger partial charge is 0.380 e. The summed E-state index contributed by atoms with van der Waals surface area (Å²) in [5.41, 5.74) is 5.42. The van der Waals surface area contributed by atoms with E-state index in [0.29, 0.717) is 19.2 Å². The van der Waals surface area contributed by atoms with Crippen LogP contribution in [0.2, 0.25) is 0 Å². The summed E-state index contributed by atoms with van der Waals surface area (Å²) in [6.07, 6.45) is -0.541. The fourth-order valence-corrected chi connectivity index (χ4v) is 4.29. The van der Waals surface area contributed by atoms with E-state index in [0.717, 1.165) is 17.1 Å². The highest BCUT2D eigenvalue weighted by atomic mass is 16.5. The lowest BCUT2D eigenvalue weighted by atomic mass is 10.1. The minimum absolute atomic E-state index is 0.226. The average Bonchev–Trinajstić information content (AvgIpc) is 3.21. The number of guanidine groups is 1. The molecule has 8 heteroatoms. The van der Waals surface area contributed by atoms with E-state index in [1.165, 1.54) is 16.0 Å². The molecule has 3 aliphatic rings. The first-order valence-electron chi connectivity index (χ1n) is 10.4. The summed E-state index contributed by atoms with van der Waals surface area (Å²) in [4.78, 5) is 38.0. The highest BCUT2D eigenvalue weighted by Gasteiger charge is 2.55. The van der Waals surface area contributed by atoms with E-state index < -0.39 is 12.2 Å². The third-order valence-corrected chi connectivity index (χ3v) is 6.30. The summed E-state index contributed by atoms with van der Waals surface area (Å²) < 4.78 is 5.38. The van der Waals surface area contributed by atoms with Gasteiger partial charge in [-0.1, -0.05) is 6.07 Å². The molecule has 3 amide bonds. The number of nitrogens with zero attached hydrogens (tertiary/aromatic N) is 5. The Kier molecular flexibility index (Phi) is 5.05. The molecule has 0 spiro atoms. The van der Waals surface area contributed by atoms with Crippen LogP contribution in [0.1, 0.15) is 31.9 Å². The molecule has 0 aliphatic carbocycles. The molecule has 0 aromatic heterocycles. The molecule has 8 nitrogen and oxygen atoms in total. The van der Waals surface area contributed by atoms with E-state index >= 15 is 0 Å². The lowest BCUT2D eigenvalue weighted by Gasteiger charge is -2.40. The van der Waals surface area contributed by atoms with E-state index in [4.69, 9.17) is 9.73 Å². The second-order valence-corrected chi connectivity index (χ2v) is 8.01. The molecule has 1 aromatic rings. The van der Waals surface area contributed by atoms with Crippen LogP contribution in [0.4, 0.5) is 10.5 Å². The quantitative estimate of drug-likeness (QED) is 0.697. The summed E-state index contributed by atoms with van der Waals surface area (Å²) in [6, 6.07) is 5.40. The van der Waals surface area contributed by atoms with E-state index in [-0.39, 0.29) is 18.5 Å². The van der Waals surface area contributed by atoms with Crippen molar-refractivity contribution in [1.29, 1.82) is 0 Å². The molecule has 0 N–H and O–H groups in total. The zero-order valence-corrected chi connectivity index (χ0v) is 18.5. The van der Waals surface area contributed by atoms with E-state index in [2.05, 4.69) is 36.9 Å². The molecular formula is C22H29N5O3. The first kappa shape index (κ1) is 20.4. The lowest BCUT2D eigenvalue weighted by molar-refractivity contribution is -0.137. The molecule has 0 saturated carbocycles. The number of hydrogen-bond acceptors (Lipinski definition) is 6. The number of fused-ring (bicyclic) bond motifs is 3. The van der Waals surface area contributed by atoms with Gasteiger partial charge in [0.2, 0.25) is 5.96 Å². The Labute approximate surface area is 177 Å². The number of benzene rings is 1. The number of carbonyl (C=O) groups is 2. The zero-order valence-electron chi connectivity index (χ0n) is 18.5. The molecule has 2 unspecified atom stereocenters. The van der Waals surface area contributed by atoms with Gasteiger partial charge in [-0.25, -0.2) is 9.79 Å². The summed E-state index contributed by atoms with van der Waals surface area (Å²) in [6.45, 7) is 11.2. The molecule has 3 aliphatic heterocycles. The number of likely N-dealkylation sites (N-methyl/N-ethyl adjacent to an activating group) is 1. The van der Waals surface area contributed by atoms with Crippen LogP contribution in [0.25, 0.3) is 0 Å². The summed E-state index contributed by atoms with van der Waals surface area (Å²) in [7, 11) is 1.71. The number of amides is 3. The maximum absolute atomic E-state index is 13.4. The van der Waals surface area contributed by atoms with Crippen molar-refractivity contribution in [3.63, 3.8) is 0 Å². The first-order chi connectivity index (χ1) is 14.3. The number of carbonyl (C=O) groups excluding carboxylic acids is 2. The fourth-order valence-electron chi connectivity index (χ4n) is 4.29. The topological polar surface area (TPSA) is 68.7 Å². The molecule has 1 fully saturated rings. The number of ether oxygens (including phenoxy) is 1. The number of rotatable bonds is 5. The van der Waals surface area contributed by atoms with Crippen LogP contribution in [0.5, 0.6) is 0 Å². The van der Waals surface area contributed by atoms with Crippen molar-refractivity contribution in [1.82, 2.24) is 14.7 Å². The number of anilines is 1. The van der Waals surface area contributed by atoms with Crippen molar-refractivity contribution < 1.29 is 14.3 Å². The van der Waals surface area contributed by atoms with E-state index in [9.17, 15) is 9.59 Å². The van der Waals surface area contributed by atoms with Crippen molar-refractivity contribution in [2.75, 3.05) is 31.7 Å². The number of urea groups is 1. The average molecular weight is 412 g/mol. The summed E-state index contributed by atoms with van der Waals surface area (Å²) in [5.74, 6) is 0.471. The predicted molar refractivity (Wildman–Crippen MR) is 115 cm³/mol. The number of aryl methyl sites for hydroxylation is 2. The van der Waals surface area contributed by atoms with Gasteiger partial charge < -0.3 is 9.64 Å². The monoisotopic (exact) mass is 411 g/mol. The van der Waals surface area contributed by atoms with Crippen molar-refractivity contribution in [3.05, 3.63) is 40.7 Å². The van der Waals surface area contributed by atoms with Crippen molar-refractivity contribution >= 4 is 23.6 Å². The molecule has 160 valence electrons. The molecule has 4 rings (SSSR count). The van der Waals surface area contributed by atoms with Gasteiger partial charge in [-0.05, 0) is 57.9 Å².